The van der Waals surface area contributed by atoms with Gasteiger partial charge < -0.3 is 10.6 Å². The summed E-state index contributed by atoms with van der Waals surface area (Å²) in [5.74, 6) is -0.206. The van der Waals surface area contributed by atoms with Crippen LogP contribution in [-0.4, -0.2) is 23.4 Å². The molecule has 0 spiro atoms. The summed E-state index contributed by atoms with van der Waals surface area (Å²) in [7, 11) is 0. The van der Waals surface area contributed by atoms with Crippen LogP contribution in [0.4, 0.5) is 11.4 Å². The molecule has 0 aromatic heterocycles. The van der Waals surface area contributed by atoms with Gasteiger partial charge in [-0.15, -0.1) is 0 Å². The topological polar surface area (TPSA) is 84.3 Å². The second kappa shape index (κ2) is 6.34. The van der Waals surface area contributed by atoms with Crippen molar-refractivity contribution in [2.75, 3.05) is 11.9 Å². The van der Waals surface area contributed by atoms with E-state index < -0.39 is 4.92 Å². The molecular formula is C11H14BrN3O3. The largest absolute Gasteiger partial charge is 0.371 e. The molecule has 1 amide bonds. The van der Waals surface area contributed by atoms with Crippen LogP contribution in [0.5, 0.6) is 0 Å². The van der Waals surface area contributed by atoms with Crippen LogP contribution in [0.25, 0.3) is 0 Å². The molecule has 6 nitrogen and oxygen atoms in total. The molecule has 1 aromatic rings. The van der Waals surface area contributed by atoms with Crippen molar-refractivity contribution < 1.29 is 9.72 Å². The van der Waals surface area contributed by atoms with Crippen molar-refractivity contribution in [1.29, 1.82) is 0 Å². The molecule has 0 aliphatic rings. The van der Waals surface area contributed by atoms with E-state index in [-0.39, 0.29) is 24.2 Å². The molecule has 1 rings (SSSR count). The quantitative estimate of drug-likeness (QED) is 0.645. The van der Waals surface area contributed by atoms with Crippen molar-refractivity contribution in [3.63, 3.8) is 0 Å². The predicted octanol–water partition coefficient (Wildman–Crippen LogP) is 2.29. The molecule has 0 fully saturated rings. The zero-order chi connectivity index (χ0) is 13.7. The maximum absolute atomic E-state index is 11.4. The van der Waals surface area contributed by atoms with Gasteiger partial charge in [-0.25, -0.2) is 0 Å². The number of carbonyl (C=O) groups is 1. The normalized spacial score (nSPS) is 10.2. The number of nitro groups is 1. The SMILES string of the molecule is CC(C)NC(=O)CNc1ccc(Br)cc1[N+](=O)[O-]. The highest BCUT2D eigenvalue weighted by Crippen LogP contribution is 2.27. The van der Waals surface area contributed by atoms with Gasteiger partial charge in [0, 0.05) is 16.6 Å². The number of nitro benzene ring substituents is 1. The van der Waals surface area contributed by atoms with E-state index in [1.165, 1.54) is 6.07 Å². The number of amides is 1. The van der Waals surface area contributed by atoms with Crippen molar-refractivity contribution in [2.24, 2.45) is 0 Å². The highest BCUT2D eigenvalue weighted by Gasteiger charge is 2.14. The Morgan fingerprint density at radius 3 is 2.72 bits per heavy atom. The molecule has 0 aliphatic carbocycles. The molecule has 7 heteroatoms. The number of anilines is 1. The molecule has 0 aliphatic heterocycles. The maximum atomic E-state index is 11.4. The standard InChI is InChI=1S/C11H14BrN3O3/c1-7(2)14-11(16)6-13-9-4-3-8(12)5-10(9)15(17)18/h3-5,7,13H,6H2,1-2H3,(H,14,16). The summed E-state index contributed by atoms with van der Waals surface area (Å²) in [6.07, 6.45) is 0. The van der Waals surface area contributed by atoms with Crippen molar-refractivity contribution in [2.45, 2.75) is 19.9 Å². The van der Waals surface area contributed by atoms with Crippen LogP contribution in [0.2, 0.25) is 0 Å². The molecule has 0 unspecified atom stereocenters. The number of halogens is 1. The van der Waals surface area contributed by atoms with Crippen molar-refractivity contribution >= 4 is 33.2 Å². The van der Waals surface area contributed by atoms with E-state index in [1.807, 2.05) is 13.8 Å². The highest BCUT2D eigenvalue weighted by atomic mass is 79.9. The summed E-state index contributed by atoms with van der Waals surface area (Å²) in [4.78, 5) is 21.8. The molecular weight excluding hydrogens is 302 g/mol. The van der Waals surface area contributed by atoms with Gasteiger partial charge in [0.25, 0.3) is 5.69 Å². The fourth-order valence-corrected chi connectivity index (χ4v) is 1.70. The number of carbonyl (C=O) groups excluding carboxylic acids is 1. The Labute approximate surface area is 113 Å². The van der Waals surface area contributed by atoms with E-state index in [1.54, 1.807) is 12.1 Å². The smallest absolute Gasteiger partial charge is 0.293 e. The Morgan fingerprint density at radius 1 is 1.50 bits per heavy atom. The Balaban J connectivity index is 2.73. The fraction of sp³-hybridized carbons (Fsp3) is 0.364. The lowest BCUT2D eigenvalue weighted by Crippen LogP contribution is -2.34. The summed E-state index contributed by atoms with van der Waals surface area (Å²) in [6, 6.07) is 4.67. The molecule has 2 N–H and O–H groups in total. The third-order valence-corrected chi connectivity index (χ3v) is 2.54. The van der Waals surface area contributed by atoms with Gasteiger partial charge in [0.1, 0.15) is 5.69 Å². The Kier molecular flexibility index (Phi) is 5.08. The third-order valence-electron chi connectivity index (χ3n) is 2.05. The average Bonchev–Trinajstić information content (AvgIpc) is 2.26. The minimum absolute atomic E-state index is 0.000647. The van der Waals surface area contributed by atoms with E-state index in [0.29, 0.717) is 10.2 Å². The lowest BCUT2D eigenvalue weighted by atomic mass is 10.2. The zero-order valence-electron chi connectivity index (χ0n) is 10.1. The van der Waals surface area contributed by atoms with Crippen molar-refractivity contribution in [1.82, 2.24) is 5.32 Å². The lowest BCUT2D eigenvalue weighted by Gasteiger charge is -2.10. The van der Waals surface area contributed by atoms with E-state index in [0.717, 1.165) is 0 Å². The lowest BCUT2D eigenvalue weighted by molar-refractivity contribution is -0.384. The first kappa shape index (κ1) is 14.4. The number of rotatable bonds is 5. The van der Waals surface area contributed by atoms with Gasteiger partial charge in [0.05, 0.1) is 11.5 Å². The monoisotopic (exact) mass is 315 g/mol. The third kappa shape index (κ3) is 4.33. The first-order valence-electron chi connectivity index (χ1n) is 5.37. The van der Waals surface area contributed by atoms with Crippen LogP contribution >= 0.6 is 15.9 Å². The summed E-state index contributed by atoms with van der Waals surface area (Å²) in [6.45, 7) is 3.70. The maximum Gasteiger partial charge on any atom is 0.293 e. The van der Waals surface area contributed by atoms with Gasteiger partial charge in [-0.05, 0) is 26.0 Å². The number of benzene rings is 1. The summed E-state index contributed by atoms with van der Waals surface area (Å²) >= 11 is 3.17. The molecule has 0 saturated carbocycles. The number of hydrogen-bond donors (Lipinski definition) is 2. The Morgan fingerprint density at radius 2 is 2.17 bits per heavy atom. The van der Waals surface area contributed by atoms with E-state index in [4.69, 9.17) is 0 Å². The number of nitrogens with one attached hydrogen (secondary N) is 2. The van der Waals surface area contributed by atoms with Crippen LogP contribution in [0.15, 0.2) is 22.7 Å². The van der Waals surface area contributed by atoms with Crippen LogP contribution < -0.4 is 10.6 Å². The summed E-state index contributed by atoms with van der Waals surface area (Å²) in [5.41, 5.74) is 0.254. The van der Waals surface area contributed by atoms with Crippen LogP contribution in [0, 0.1) is 10.1 Å². The van der Waals surface area contributed by atoms with Crippen molar-refractivity contribution in [3.05, 3.63) is 32.8 Å². The van der Waals surface area contributed by atoms with E-state index in [2.05, 4.69) is 26.6 Å². The number of nitrogens with zero attached hydrogens (tertiary/aromatic N) is 1. The molecule has 0 bridgehead atoms. The summed E-state index contributed by atoms with van der Waals surface area (Å²) < 4.78 is 0.617. The molecule has 0 radical (unpaired) electrons. The fourth-order valence-electron chi connectivity index (χ4n) is 1.35. The van der Waals surface area contributed by atoms with Gasteiger partial charge in [-0.3, -0.25) is 14.9 Å². The van der Waals surface area contributed by atoms with E-state index >= 15 is 0 Å². The van der Waals surface area contributed by atoms with Crippen LogP contribution in [0.3, 0.4) is 0 Å². The molecule has 18 heavy (non-hydrogen) atoms. The second-order valence-corrected chi connectivity index (χ2v) is 4.91. The van der Waals surface area contributed by atoms with Crippen LogP contribution in [0.1, 0.15) is 13.8 Å². The molecule has 0 atom stereocenters. The second-order valence-electron chi connectivity index (χ2n) is 3.99. The van der Waals surface area contributed by atoms with Gasteiger partial charge in [0.15, 0.2) is 0 Å². The first-order valence-corrected chi connectivity index (χ1v) is 6.16. The predicted molar refractivity (Wildman–Crippen MR) is 72.6 cm³/mol. The zero-order valence-corrected chi connectivity index (χ0v) is 11.7. The molecule has 0 heterocycles. The minimum atomic E-state index is -0.493. The molecule has 1 aromatic carbocycles. The van der Waals surface area contributed by atoms with Gasteiger partial charge in [-0.2, -0.15) is 0 Å². The van der Waals surface area contributed by atoms with Gasteiger partial charge in [0.2, 0.25) is 5.91 Å². The van der Waals surface area contributed by atoms with E-state index in [9.17, 15) is 14.9 Å². The summed E-state index contributed by atoms with van der Waals surface area (Å²) in [5, 5.41) is 16.3. The average molecular weight is 316 g/mol. The number of hydrogen-bond acceptors (Lipinski definition) is 4. The van der Waals surface area contributed by atoms with Gasteiger partial charge >= 0.3 is 0 Å². The van der Waals surface area contributed by atoms with Gasteiger partial charge in [-0.1, -0.05) is 15.9 Å². The Hall–Kier alpha value is -1.63. The Bertz CT molecular complexity index is 463. The van der Waals surface area contributed by atoms with Crippen molar-refractivity contribution in [3.8, 4) is 0 Å². The van der Waals surface area contributed by atoms with Crippen LogP contribution in [-0.2, 0) is 4.79 Å². The molecule has 98 valence electrons. The minimum Gasteiger partial charge on any atom is -0.371 e. The highest BCUT2D eigenvalue weighted by molar-refractivity contribution is 9.10. The first-order chi connectivity index (χ1) is 8.40. The molecule has 0 saturated heterocycles.